The van der Waals surface area contributed by atoms with E-state index in [0.717, 1.165) is 33.4 Å². The standard InChI is InChI=1S/C34H29NO4/c1-21-9-11-24(12-10-21)19-35-30(26-13-15-27(16-14-26)38-20-25-7-5-4-6-8-25)29-31(36)28-18-22(2)17-23(3)32(28)39-33(29)34(35)37/h4-18,30H,19-20H2,1-3H3. The van der Waals surface area contributed by atoms with Crippen molar-refractivity contribution in [3.63, 3.8) is 0 Å². The molecular weight excluding hydrogens is 486 g/mol. The third-order valence-corrected chi connectivity index (χ3v) is 7.31. The van der Waals surface area contributed by atoms with Crippen LogP contribution in [0.25, 0.3) is 11.0 Å². The van der Waals surface area contributed by atoms with Gasteiger partial charge in [0.2, 0.25) is 5.76 Å². The van der Waals surface area contributed by atoms with Crippen LogP contribution in [-0.2, 0) is 13.2 Å². The van der Waals surface area contributed by atoms with Crippen LogP contribution in [0, 0.1) is 20.8 Å². The van der Waals surface area contributed by atoms with E-state index in [4.69, 9.17) is 9.15 Å². The van der Waals surface area contributed by atoms with Crippen LogP contribution < -0.4 is 10.2 Å². The summed E-state index contributed by atoms with van der Waals surface area (Å²) in [5.41, 5.74) is 6.56. The Morgan fingerprint density at radius 1 is 0.795 bits per heavy atom. The molecule has 0 N–H and O–H groups in total. The average Bonchev–Trinajstić information content (AvgIpc) is 3.21. The van der Waals surface area contributed by atoms with Crippen molar-refractivity contribution in [2.45, 2.75) is 40.0 Å². The van der Waals surface area contributed by atoms with E-state index in [9.17, 15) is 9.59 Å². The summed E-state index contributed by atoms with van der Waals surface area (Å²) in [7, 11) is 0. The SMILES string of the molecule is Cc1ccc(CN2C(=O)c3oc4c(C)cc(C)cc4c(=O)c3C2c2ccc(OCc3ccccc3)cc2)cc1. The van der Waals surface area contributed by atoms with Gasteiger partial charge in [-0.2, -0.15) is 0 Å². The number of fused-ring (bicyclic) bond motifs is 2. The molecule has 0 spiro atoms. The van der Waals surface area contributed by atoms with Crippen molar-refractivity contribution >= 4 is 16.9 Å². The minimum absolute atomic E-state index is 0.126. The molecule has 2 heterocycles. The lowest BCUT2D eigenvalue weighted by Gasteiger charge is -2.25. The predicted octanol–water partition coefficient (Wildman–Crippen LogP) is 7.04. The molecule has 6 rings (SSSR count). The van der Waals surface area contributed by atoms with E-state index in [1.165, 1.54) is 0 Å². The second-order valence-electron chi connectivity index (χ2n) is 10.3. The summed E-state index contributed by atoms with van der Waals surface area (Å²) in [6.45, 7) is 6.70. The van der Waals surface area contributed by atoms with Gasteiger partial charge >= 0.3 is 0 Å². The highest BCUT2D eigenvalue weighted by Crippen LogP contribution is 2.40. The van der Waals surface area contributed by atoms with Crippen LogP contribution in [0.15, 0.2) is 100 Å². The summed E-state index contributed by atoms with van der Waals surface area (Å²) in [5, 5.41) is 0.504. The van der Waals surface area contributed by atoms with Gasteiger partial charge in [-0.05, 0) is 66.8 Å². The zero-order chi connectivity index (χ0) is 27.1. The van der Waals surface area contributed by atoms with E-state index >= 15 is 0 Å². The Morgan fingerprint density at radius 2 is 1.51 bits per heavy atom. The van der Waals surface area contributed by atoms with Gasteiger partial charge in [0.1, 0.15) is 17.9 Å². The summed E-state index contributed by atoms with van der Waals surface area (Å²) < 4.78 is 12.2. The quantitative estimate of drug-likeness (QED) is 0.243. The molecule has 1 amide bonds. The number of benzene rings is 4. The Bertz CT molecular complexity index is 1740. The second kappa shape index (κ2) is 9.91. The van der Waals surface area contributed by atoms with Crippen molar-refractivity contribution < 1.29 is 13.9 Å². The molecule has 5 aromatic rings. The summed E-state index contributed by atoms with van der Waals surface area (Å²) in [6, 6.07) is 29.0. The van der Waals surface area contributed by atoms with Crippen molar-refractivity contribution in [3.05, 3.63) is 146 Å². The number of nitrogens with zero attached hydrogens (tertiary/aromatic N) is 1. The van der Waals surface area contributed by atoms with Crippen LogP contribution >= 0.6 is 0 Å². The lowest BCUT2D eigenvalue weighted by atomic mass is 9.97. The van der Waals surface area contributed by atoms with E-state index < -0.39 is 6.04 Å². The first-order valence-electron chi connectivity index (χ1n) is 13.1. The molecule has 39 heavy (non-hydrogen) atoms. The lowest BCUT2D eigenvalue weighted by Crippen LogP contribution is -2.29. The van der Waals surface area contributed by atoms with Gasteiger partial charge in [0, 0.05) is 6.54 Å². The van der Waals surface area contributed by atoms with Gasteiger partial charge in [0.05, 0.1) is 17.0 Å². The Kier molecular flexibility index (Phi) is 6.27. The summed E-state index contributed by atoms with van der Waals surface area (Å²) in [6.07, 6.45) is 0. The van der Waals surface area contributed by atoms with Gasteiger partial charge in [0.25, 0.3) is 5.91 Å². The van der Waals surface area contributed by atoms with E-state index in [2.05, 4.69) is 0 Å². The molecule has 0 saturated carbocycles. The third kappa shape index (κ3) is 4.61. The molecule has 1 unspecified atom stereocenters. The molecule has 1 aliphatic rings. The largest absolute Gasteiger partial charge is 0.489 e. The summed E-state index contributed by atoms with van der Waals surface area (Å²) in [5.74, 6) is 0.564. The highest BCUT2D eigenvalue weighted by molar-refractivity contribution is 5.99. The van der Waals surface area contributed by atoms with Crippen LogP contribution in [0.3, 0.4) is 0 Å². The number of hydrogen-bond donors (Lipinski definition) is 0. The number of amides is 1. The highest BCUT2D eigenvalue weighted by atomic mass is 16.5. The van der Waals surface area contributed by atoms with E-state index in [1.54, 1.807) is 4.90 Å². The molecule has 0 bridgehead atoms. The minimum atomic E-state index is -0.571. The van der Waals surface area contributed by atoms with Crippen molar-refractivity contribution in [3.8, 4) is 5.75 Å². The maximum Gasteiger partial charge on any atom is 0.291 e. The van der Waals surface area contributed by atoms with E-state index in [0.29, 0.717) is 35.4 Å². The monoisotopic (exact) mass is 515 g/mol. The molecule has 1 aliphatic heterocycles. The van der Waals surface area contributed by atoms with Crippen LogP contribution in [0.1, 0.15) is 55.5 Å². The van der Waals surface area contributed by atoms with Crippen molar-refractivity contribution in [1.82, 2.24) is 4.90 Å². The van der Waals surface area contributed by atoms with Crippen molar-refractivity contribution in [2.75, 3.05) is 0 Å². The van der Waals surface area contributed by atoms with Gasteiger partial charge in [-0.1, -0.05) is 78.4 Å². The first kappa shape index (κ1) is 24.7. The minimum Gasteiger partial charge on any atom is -0.489 e. The highest BCUT2D eigenvalue weighted by Gasteiger charge is 2.42. The molecule has 0 fully saturated rings. The van der Waals surface area contributed by atoms with Gasteiger partial charge in [-0.15, -0.1) is 0 Å². The third-order valence-electron chi connectivity index (χ3n) is 7.31. The van der Waals surface area contributed by atoms with Gasteiger partial charge < -0.3 is 14.1 Å². The molecule has 4 aromatic carbocycles. The Morgan fingerprint density at radius 3 is 2.23 bits per heavy atom. The molecule has 0 saturated heterocycles. The zero-order valence-electron chi connectivity index (χ0n) is 22.2. The summed E-state index contributed by atoms with van der Waals surface area (Å²) in [4.78, 5) is 29.5. The van der Waals surface area contributed by atoms with E-state index in [1.807, 2.05) is 112 Å². The Labute approximate surface area is 227 Å². The molecular formula is C34H29NO4. The normalized spacial score (nSPS) is 14.6. The number of hydrogen-bond acceptors (Lipinski definition) is 4. The zero-order valence-corrected chi connectivity index (χ0v) is 22.2. The maximum absolute atomic E-state index is 14.0. The van der Waals surface area contributed by atoms with Crippen LogP contribution in [-0.4, -0.2) is 10.8 Å². The Hall–Kier alpha value is -4.64. The second-order valence-corrected chi connectivity index (χ2v) is 10.3. The number of ether oxygens (including phenoxy) is 1. The fourth-order valence-electron chi connectivity index (χ4n) is 5.36. The maximum atomic E-state index is 14.0. The molecule has 1 aromatic heterocycles. The Balaban J connectivity index is 1.42. The number of aryl methyl sites for hydroxylation is 3. The average molecular weight is 516 g/mol. The van der Waals surface area contributed by atoms with Gasteiger partial charge in [0.15, 0.2) is 5.43 Å². The van der Waals surface area contributed by atoms with Crippen LogP contribution in [0.4, 0.5) is 0 Å². The van der Waals surface area contributed by atoms with Gasteiger partial charge in [-0.25, -0.2) is 0 Å². The smallest absolute Gasteiger partial charge is 0.291 e. The van der Waals surface area contributed by atoms with Crippen molar-refractivity contribution in [1.29, 1.82) is 0 Å². The van der Waals surface area contributed by atoms with E-state index in [-0.39, 0.29) is 17.1 Å². The predicted molar refractivity (Wildman–Crippen MR) is 152 cm³/mol. The molecule has 1 atom stereocenters. The van der Waals surface area contributed by atoms with Crippen LogP contribution in [0.5, 0.6) is 5.75 Å². The number of rotatable bonds is 6. The molecule has 5 nitrogen and oxygen atoms in total. The first-order chi connectivity index (χ1) is 18.9. The summed E-state index contributed by atoms with van der Waals surface area (Å²) >= 11 is 0. The molecule has 0 radical (unpaired) electrons. The molecule has 194 valence electrons. The van der Waals surface area contributed by atoms with Crippen molar-refractivity contribution in [2.24, 2.45) is 0 Å². The first-order valence-corrected chi connectivity index (χ1v) is 13.1. The van der Waals surface area contributed by atoms with Gasteiger partial charge in [-0.3, -0.25) is 9.59 Å². The molecule has 0 aliphatic carbocycles. The fraction of sp³-hybridized carbons (Fsp3) is 0.176. The number of carbonyl (C=O) groups excluding carboxylic acids is 1. The number of carbonyl (C=O) groups is 1. The fourth-order valence-corrected chi connectivity index (χ4v) is 5.36. The lowest BCUT2D eigenvalue weighted by molar-refractivity contribution is 0.0714. The topological polar surface area (TPSA) is 59.8 Å². The van der Waals surface area contributed by atoms with Crippen LogP contribution in [0.2, 0.25) is 0 Å². The molecule has 5 heteroatoms.